The lowest BCUT2D eigenvalue weighted by Gasteiger charge is -2.37. The molecule has 2 aromatic heterocycles. The Bertz CT molecular complexity index is 2250. The summed E-state index contributed by atoms with van der Waals surface area (Å²) in [4.78, 5) is 18.6. The van der Waals surface area contributed by atoms with Crippen LogP contribution in [0.1, 0.15) is 69.8 Å². The van der Waals surface area contributed by atoms with Crippen LogP contribution in [0.15, 0.2) is 42.4 Å². The van der Waals surface area contributed by atoms with E-state index in [1.54, 1.807) is 18.2 Å². The van der Waals surface area contributed by atoms with Crippen molar-refractivity contribution in [3.05, 3.63) is 59.6 Å². The molecule has 11 heteroatoms. The van der Waals surface area contributed by atoms with Crippen LogP contribution >= 0.6 is 0 Å². The van der Waals surface area contributed by atoms with Crippen molar-refractivity contribution in [2.45, 2.75) is 81.5 Å². The minimum atomic E-state index is -1.46. The van der Waals surface area contributed by atoms with Crippen LogP contribution < -0.4 is 15.4 Å². The third-order valence-electron chi connectivity index (χ3n) is 13.0. The molecule has 7 aliphatic rings. The van der Waals surface area contributed by atoms with Crippen molar-refractivity contribution in [2.24, 2.45) is 11.3 Å². The average molecular weight is 695 g/mol. The second-order valence-corrected chi connectivity index (χ2v) is 15.6. The molecule has 51 heavy (non-hydrogen) atoms. The number of hydrogen-bond donors (Lipinski definition) is 1. The van der Waals surface area contributed by atoms with Crippen molar-refractivity contribution in [2.75, 3.05) is 36.9 Å². The number of aromatic nitrogens is 3. The number of hydrogen-bond acceptors (Lipinski definition) is 7. The highest BCUT2D eigenvalue weighted by atomic mass is 19.1. The fourth-order valence-corrected chi connectivity index (χ4v) is 10.3. The van der Waals surface area contributed by atoms with Crippen LogP contribution in [0.4, 0.5) is 29.1 Å². The summed E-state index contributed by atoms with van der Waals surface area (Å²) in [6.45, 7) is 2.21. The molecule has 2 aromatic carbocycles. The summed E-state index contributed by atoms with van der Waals surface area (Å²) in [7, 11) is 0. The first-order valence-electron chi connectivity index (χ1n) is 18.2. The van der Waals surface area contributed by atoms with E-state index < -0.39 is 23.3 Å². The first kappa shape index (κ1) is 31.3. The number of alkyl halides is 1. The van der Waals surface area contributed by atoms with E-state index in [0.29, 0.717) is 72.0 Å². The van der Waals surface area contributed by atoms with Crippen LogP contribution in [0, 0.1) is 34.8 Å². The molecule has 0 amide bonds. The first-order valence-corrected chi connectivity index (χ1v) is 18.2. The number of nitrogen functional groups attached to an aromatic ring is 1. The molecule has 4 bridgehead atoms. The van der Waals surface area contributed by atoms with Crippen molar-refractivity contribution in [3.63, 3.8) is 0 Å². The van der Waals surface area contributed by atoms with E-state index in [0.717, 1.165) is 57.0 Å². The Morgan fingerprint density at radius 3 is 2.78 bits per heavy atom. The molecule has 11 rings (SSSR count). The molecule has 0 radical (unpaired) electrons. The van der Waals surface area contributed by atoms with Gasteiger partial charge in [-0.2, -0.15) is 9.97 Å². The Balaban J connectivity index is 1.18. The predicted molar refractivity (Wildman–Crippen MR) is 188 cm³/mol. The molecule has 2 N–H and O–H groups in total. The number of nitrogens with zero attached hydrogens (tertiary/aromatic N) is 5. The van der Waals surface area contributed by atoms with Crippen molar-refractivity contribution in [1.82, 2.24) is 19.9 Å². The van der Waals surface area contributed by atoms with Crippen LogP contribution in [-0.2, 0) is 0 Å². The molecule has 1 spiro atoms. The SMILES string of the molecule is Nc1cc2c3c(c(F)ccc3c1)C#CCCC[C@]1(F)[C@@H]3CCCCN(c4nc(OC[C@]56C/C(=C/F)CN5CCC65CC5)nc5c(F)c-2ncc45)[C@@H]31. The lowest BCUT2D eigenvalue weighted by molar-refractivity contribution is 0.0649. The lowest BCUT2D eigenvalue weighted by atomic mass is 9.80. The van der Waals surface area contributed by atoms with E-state index in [1.165, 1.54) is 12.3 Å². The lowest BCUT2D eigenvalue weighted by Crippen LogP contribution is -2.49. The maximum absolute atomic E-state index is 17.2. The Hall–Kier alpha value is -4.43. The molecule has 3 saturated heterocycles. The van der Waals surface area contributed by atoms with Gasteiger partial charge in [0.2, 0.25) is 0 Å². The van der Waals surface area contributed by atoms with Gasteiger partial charge in [-0.25, -0.2) is 17.6 Å². The van der Waals surface area contributed by atoms with Crippen LogP contribution in [-0.4, -0.2) is 63.3 Å². The van der Waals surface area contributed by atoms with E-state index in [4.69, 9.17) is 20.4 Å². The quantitative estimate of drug-likeness (QED) is 0.133. The first-order chi connectivity index (χ1) is 24.7. The highest BCUT2D eigenvalue weighted by Gasteiger charge is 2.69. The van der Waals surface area contributed by atoms with Gasteiger partial charge < -0.3 is 15.4 Å². The van der Waals surface area contributed by atoms with Crippen LogP contribution in [0.3, 0.4) is 0 Å². The van der Waals surface area contributed by atoms with E-state index in [9.17, 15) is 4.39 Å². The minimum Gasteiger partial charge on any atom is -0.461 e. The zero-order valence-corrected chi connectivity index (χ0v) is 28.3. The van der Waals surface area contributed by atoms with Gasteiger partial charge in [-0.15, -0.1) is 0 Å². The number of pyridine rings is 1. The fourth-order valence-electron chi connectivity index (χ4n) is 10.3. The molecule has 4 atom stereocenters. The van der Waals surface area contributed by atoms with Gasteiger partial charge in [0.05, 0.1) is 28.9 Å². The van der Waals surface area contributed by atoms with Crippen LogP contribution in [0.25, 0.3) is 32.9 Å². The van der Waals surface area contributed by atoms with Crippen molar-refractivity contribution in [3.8, 4) is 29.1 Å². The number of fused-ring (bicyclic) bond motifs is 6. The topological polar surface area (TPSA) is 80.4 Å². The minimum absolute atomic E-state index is 0.00897. The molecule has 4 aromatic rings. The molecule has 2 aliphatic carbocycles. The van der Waals surface area contributed by atoms with E-state index >= 15 is 13.2 Å². The number of nitrogens with two attached hydrogens (primary N) is 1. The van der Waals surface area contributed by atoms with Gasteiger partial charge in [0.25, 0.3) is 0 Å². The van der Waals surface area contributed by atoms with Gasteiger partial charge >= 0.3 is 6.01 Å². The fraction of sp³-hybridized carbons (Fsp3) is 0.475. The molecule has 5 aliphatic heterocycles. The van der Waals surface area contributed by atoms with E-state index in [1.807, 2.05) is 4.90 Å². The van der Waals surface area contributed by atoms with Gasteiger partial charge in [0, 0.05) is 48.3 Å². The third-order valence-corrected chi connectivity index (χ3v) is 13.0. The zero-order chi connectivity index (χ0) is 34.7. The normalized spacial score (nSPS) is 29.7. The van der Waals surface area contributed by atoms with Crippen molar-refractivity contribution >= 4 is 33.2 Å². The number of anilines is 2. The highest BCUT2D eigenvalue weighted by Crippen LogP contribution is 2.66. The maximum Gasteiger partial charge on any atom is 0.319 e. The summed E-state index contributed by atoms with van der Waals surface area (Å²) in [5, 5.41) is 1.35. The number of ether oxygens (including phenoxy) is 1. The maximum atomic E-state index is 17.2. The standard InChI is InChI=1S/C40H38F4N6O/c41-19-23-18-39(38(11-12-38)13-15-49(39)21-23)22-51-37-47-34-28-20-46-33(32(34)43)27-17-25(45)16-24-8-9-30(42)26(31(24)27)6-2-1-4-10-40(44)29-7-3-5-14-50(35(29)40)36(28)48-37/h8-9,16-17,19-20,29,35H,1,3-5,7,10-15,18,21-22,45H2/b23-19-/t29-,35+,39+,40+/m1/s1. The van der Waals surface area contributed by atoms with Gasteiger partial charge in [-0.3, -0.25) is 9.88 Å². The number of rotatable bonds is 3. The molecule has 0 unspecified atom stereocenters. The van der Waals surface area contributed by atoms with Crippen molar-refractivity contribution in [1.29, 1.82) is 0 Å². The smallest absolute Gasteiger partial charge is 0.319 e. The summed E-state index contributed by atoms with van der Waals surface area (Å²) in [5.41, 5.74) is 5.98. The van der Waals surface area contributed by atoms with Crippen LogP contribution in [0.5, 0.6) is 6.01 Å². The summed E-state index contributed by atoms with van der Waals surface area (Å²) < 4.78 is 70.1. The Morgan fingerprint density at radius 2 is 1.94 bits per heavy atom. The number of benzene rings is 2. The molecule has 262 valence electrons. The molecule has 7 heterocycles. The Morgan fingerprint density at radius 1 is 1.06 bits per heavy atom. The second-order valence-electron chi connectivity index (χ2n) is 15.6. The molecule has 7 nitrogen and oxygen atoms in total. The van der Waals surface area contributed by atoms with Gasteiger partial charge in [0.1, 0.15) is 35.1 Å². The zero-order valence-electron chi connectivity index (χ0n) is 28.3. The molecular weight excluding hydrogens is 656 g/mol. The second kappa shape index (κ2) is 11.0. The average Bonchev–Trinajstić information content (AvgIpc) is 3.98. The number of halogens is 4. The van der Waals surface area contributed by atoms with Gasteiger partial charge in [-0.05, 0) is 92.5 Å². The summed E-state index contributed by atoms with van der Waals surface area (Å²) in [5.74, 6) is 4.99. The monoisotopic (exact) mass is 694 g/mol. The van der Waals surface area contributed by atoms with Gasteiger partial charge in [0.15, 0.2) is 5.82 Å². The molecular formula is C40H38F4N6O. The third kappa shape index (κ3) is 4.51. The van der Waals surface area contributed by atoms with Crippen molar-refractivity contribution < 1.29 is 22.3 Å². The summed E-state index contributed by atoms with van der Waals surface area (Å²) in [6.07, 6.45) is 9.63. The summed E-state index contributed by atoms with van der Waals surface area (Å²) in [6, 6.07) is 5.77. The largest absolute Gasteiger partial charge is 0.461 e. The molecule has 2 saturated carbocycles. The van der Waals surface area contributed by atoms with Gasteiger partial charge in [-0.1, -0.05) is 24.3 Å². The summed E-state index contributed by atoms with van der Waals surface area (Å²) >= 11 is 0. The van der Waals surface area contributed by atoms with E-state index in [2.05, 4.69) is 21.7 Å². The van der Waals surface area contributed by atoms with E-state index in [-0.39, 0.29) is 46.3 Å². The predicted octanol–water partition coefficient (Wildman–Crippen LogP) is 7.80. The molecule has 5 fully saturated rings. The Labute approximate surface area is 293 Å². The highest BCUT2D eigenvalue weighted by molar-refractivity contribution is 6.04. The van der Waals surface area contributed by atoms with Crippen LogP contribution in [0.2, 0.25) is 0 Å². The Kier molecular flexibility index (Phi) is 6.78.